The molecule has 0 saturated heterocycles. The maximum atomic E-state index is 10.5. The van der Waals surface area contributed by atoms with Crippen molar-refractivity contribution in [2.24, 2.45) is 5.73 Å². The van der Waals surface area contributed by atoms with Gasteiger partial charge in [0.05, 0.1) is 0 Å². The average Bonchev–Trinajstić information content (AvgIpc) is 1.88. The fraction of sp³-hybridized carbons (Fsp3) is 0. The van der Waals surface area contributed by atoms with Crippen molar-refractivity contribution in [2.75, 3.05) is 0 Å². The van der Waals surface area contributed by atoms with Crippen molar-refractivity contribution in [3.63, 3.8) is 0 Å². The van der Waals surface area contributed by atoms with Crippen LogP contribution < -0.4 is 8.86 Å². The Kier molecular flexibility index (Phi) is 2.42. The zero-order valence-corrected chi connectivity index (χ0v) is 9.86. The molecule has 2 nitrogen and oxygen atoms in total. The molecule has 0 atom stereocenters. The van der Waals surface area contributed by atoms with Crippen LogP contribution in [0.1, 0.15) is 10.4 Å². The molecule has 48 valence electrons. The number of benzene rings is 1. The molecule has 0 fully saturated rings. The van der Waals surface area contributed by atoms with Crippen molar-refractivity contribution in [1.82, 2.24) is 0 Å². The van der Waals surface area contributed by atoms with Gasteiger partial charge < -0.3 is 0 Å². The van der Waals surface area contributed by atoms with E-state index in [1.807, 2.05) is 12.1 Å². The molecule has 0 bridgehead atoms. The second-order valence-corrected chi connectivity index (χ2v) is 4.58. The standard InChI is InChI=1S/C7H6NO.Tl/c8-7(9)6-4-2-1-3-5-6;/h2-5H,(H2,8,9);. The summed E-state index contributed by atoms with van der Waals surface area (Å²) in [6.07, 6.45) is 0. The molecule has 1 aromatic rings. The van der Waals surface area contributed by atoms with Crippen LogP contribution in [0.4, 0.5) is 0 Å². The van der Waals surface area contributed by atoms with Crippen molar-refractivity contribution in [2.45, 2.75) is 0 Å². The summed E-state index contributed by atoms with van der Waals surface area (Å²) in [5, 5.41) is 0. The number of nitrogens with two attached hydrogens (primary N) is 1. The van der Waals surface area contributed by atoms with Gasteiger partial charge in [-0.2, -0.15) is 0 Å². The van der Waals surface area contributed by atoms with Crippen LogP contribution in [-0.4, -0.2) is 31.7 Å². The number of carbonyl (C=O) groups excluding carboxylic acids is 1. The zero-order chi connectivity index (χ0) is 7.56. The summed E-state index contributed by atoms with van der Waals surface area (Å²) in [5.74, 6) is -0.356. The van der Waals surface area contributed by atoms with E-state index in [0.29, 0.717) is 5.56 Å². The van der Waals surface area contributed by atoms with Crippen LogP contribution in [-0.2, 0) is 0 Å². The second kappa shape index (κ2) is 3.14. The van der Waals surface area contributed by atoms with Gasteiger partial charge in [-0.15, -0.1) is 0 Å². The number of hydrogen-bond donors (Lipinski definition) is 1. The summed E-state index contributed by atoms with van der Waals surface area (Å²) in [6, 6.07) is 7.39. The Morgan fingerprint density at radius 2 is 1.80 bits per heavy atom. The normalized spacial score (nSPS) is 9.10. The third-order valence-electron chi connectivity index (χ3n) is 1.20. The summed E-state index contributed by atoms with van der Waals surface area (Å²) in [7, 11) is 0. The van der Waals surface area contributed by atoms with E-state index in [-0.39, 0.29) is 5.91 Å². The molecular weight excluding hydrogens is 318 g/mol. The summed E-state index contributed by atoms with van der Waals surface area (Å²) in [4.78, 5) is 10.5. The van der Waals surface area contributed by atoms with Gasteiger partial charge in [0.1, 0.15) is 0 Å². The Hall–Kier alpha value is -0.388. The molecule has 0 unspecified atom stereocenters. The van der Waals surface area contributed by atoms with Crippen LogP contribution in [0.5, 0.6) is 0 Å². The molecule has 10 heavy (non-hydrogen) atoms. The van der Waals surface area contributed by atoms with Gasteiger partial charge in [0, 0.05) is 0 Å². The first-order valence-corrected chi connectivity index (χ1v) is 5.10. The van der Waals surface area contributed by atoms with Gasteiger partial charge in [0.2, 0.25) is 0 Å². The topological polar surface area (TPSA) is 43.1 Å². The first kappa shape index (κ1) is 7.72. The van der Waals surface area contributed by atoms with Crippen molar-refractivity contribution < 1.29 is 4.79 Å². The van der Waals surface area contributed by atoms with Crippen molar-refractivity contribution in [1.29, 1.82) is 0 Å². The van der Waals surface area contributed by atoms with Gasteiger partial charge in [-0.05, 0) is 0 Å². The third kappa shape index (κ3) is 1.80. The van der Waals surface area contributed by atoms with E-state index in [4.69, 9.17) is 5.73 Å². The summed E-state index contributed by atoms with van der Waals surface area (Å²) >= 11 is 0.826. The molecule has 0 radical (unpaired) electrons. The van der Waals surface area contributed by atoms with Gasteiger partial charge in [0.25, 0.3) is 0 Å². The molecule has 0 aromatic heterocycles. The Morgan fingerprint density at radius 3 is 2.20 bits per heavy atom. The molecule has 1 aromatic carbocycles. The molecule has 0 aliphatic carbocycles. The first-order chi connectivity index (χ1) is 4.70. The predicted octanol–water partition coefficient (Wildman–Crippen LogP) is -0.421. The molecule has 0 saturated carbocycles. The first-order valence-electron chi connectivity index (χ1n) is 2.85. The number of primary amides is 1. The van der Waals surface area contributed by atoms with E-state index in [9.17, 15) is 4.79 Å². The Morgan fingerprint density at radius 1 is 1.30 bits per heavy atom. The van der Waals surface area contributed by atoms with E-state index in [1.165, 1.54) is 3.12 Å². The SMILES string of the molecule is NC(=O)c1cc[c]([Tl])cc1. The number of carbonyl (C=O) groups is 1. The third-order valence-corrected chi connectivity index (χ3v) is 2.69. The fourth-order valence-electron chi connectivity index (χ4n) is 0.647. The maximum absolute atomic E-state index is 10.5. The predicted molar refractivity (Wildman–Crippen MR) is 40.3 cm³/mol. The molecule has 0 spiro atoms. The number of amides is 1. The van der Waals surface area contributed by atoms with Gasteiger partial charge in [-0.3, -0.25) is 0 Å². The fourth-order valence-corrected chi connectivity index (χ4v) is 1.40. The number of hydrogen-bond acceptors (Lipinski definition) is 1. The number of rotatable bonds is 1. The van der Waals surface area contributed by atoms with Crippen LogP contribution >= 0.6 is 0 Å². The second-order valence-electron chi connectivity index (χ2n) is 1.99. The van der Waals surface area contributed by atoms with E-state index >= 15 is 0 Å². The molecular formula is C7H6NOTl. The molecule has 1 rings (SSSR count). The van der Waals surface area contributed by atoms with Gasteiger partial charge in [0.15, 0.2) is 0 Å². The summed E-state index contributed by atoms with van der Waals surface area (Å²) < 4.78 is 1.30. The van der Waals surface area contributed by atoms with E-state index < -0.39 is 0 Å². The van der Waals surface area contributed by atoms with Gasteiger partial charge in [-0.25, -0.2) is 0 Å². The van der Waals surface area contributed by atoms with Crippen LogP contribution in [0.15, 0.2) is 24.3 Å². The van der Waals surface area contributed by atoms with Crippen molar-refractivity contribution in [3.8, 4) is 0 Å². The molecule has 0 heterocycles. The molecule has 3 heteroatoms. The van der Waals surface area contributed by atoms with Crippen molar-refractivity contribution >= 4 is 34.8 Å². The van der Waals surface area contributed by atoms with E-state index in [2.05, 4.69) is 0 Å². The Labute approximate surface area is 75.1 Å². The Bertz CT molecular complexity index is 242. The quantitative estimate of drug-likeness (QED) is 0.701. The van der Waals surface area contributed by atoms with Crippen LogP contribution in [0.3, 0.4) is 0 Å². The molecule has 2 N–H and O–H groups in total. The van der Waals surface area contributed by atoms with E-state index in [0.717, 1.165) is 25.8 Å². The molecule has 0 aliphatic rings. The molecule has 0 aliphatic heterocycles. The van der Waals surface area contributed by atoms with Crippen molar-refractivity contribution in [3.05, 3.63) is 29.8 Å². The van der Waals surface area contributed by atoms with Crippen LogP contribution in [0, 0.1) is 0 Å². The van der Waals surface area contributed by atoms with Crippen LogP contribution in [0.2, 0.25) is 0 Å². The average molecular weight is 325 g/mol. The van der Waals surface area contributed by atoms with Crippen LogP contribution in [0.25, 0.3) is 0 Å². The minimum absolute atomic E-state index is 0.356. The summed E-state index contributed by atoms with van der Waals surface area (Å²) in [5.41, 5.74) is 5.63. The molecule has 1 amide bonds. The zero-order valence-electron chi connectivity index (χ0n) is 5.37. The monoisotopic (exact) mass is 325 g/mol. The summed E-state index contributed by atoms with van der Waals surface area (Å²) in [6.45, 7) is 0. The van der Waals surface area contributed by atoms with Gasteiger partial charge >= 0.3 is 75.2 Å². The minimum atomic E-state index is -0.356. The van der Waals surface area contributed by atoms with E-state index in [1.54, 1.807) is 12.1 Å². The van der Waals surface area contributed by atoms with Gasteiger partial charge in [-0.1, -0.05) is 0 Å². The Balaban J connectivity index is 3.00.